The third kappa shape index (κ3) is 5.78. The molecule has 3 rings (SSSR count). The normalized spacial score (nSPS) is 15.0. The maximum Gasteiger partial charge on any atom is 0.410 e. The summed E-state index contributed by atoms with van der Waals surface area (Å²) in [6.45, 7) is 6.82. The Labute approximate surface area is 176 Å². The fourth-order valence-corrected chi connectivity index (χ4v) is 3.33. The minimum absolute atomic E-state index is 0.0263. The third-order valence-corrected chi connectivity index (χ3v) is 4.90. The number of nitrogens with zero attached hydrogens (tertiary/aromatic N) is 2. The zero-order valence-electron chi connectivity index (χ0n) is 17.6. The van der Waals surface area contributed by atoms with Gasteiger partial charge < -0.3 is 14.4 Å². The van der Waals surface area contributed by atoms with Crippen molar-refractivity contribution < 1.29 is 23.5 Å². The number of hydrogen-bond donors (Lipinski definition) is 0. The van der Waals surface area contributed by atoms with Gasteiger partial charge in [-0.05, 0) is 45.7 Å². The first-order chi connectivity index (χ1) is 14.2. The number of hydrogen-bond acceptors (Lipinski definition) is 5. The number of aldehydes is 1. The van der Waals surface area contributed by atoms with E-state index in [-0.39, 0.29) is 24.2 Å². The van der Waals surface area contributed by atoms with Crippen molar-refractivity contribution in [3.8, 4) is 5.88 Å². The molecule has 7 heteroatoms. The Morgan fingerprint density at radius 3 is 2.60 bits per heavy atom. The number of halogens is 1. The fourth-order valence-electron chi connectivity index (χ4n) is 3.33. The molecule has 0 radical (unpaired) electrons. The molecule has 0 saturated carbocycles. The smallest absolute Gasteiger partial charge is 0.410 e. The van der Waals surface area contributed by atoms with Gasteiger partial charge in [-0.15, -0.1) is 0 Å². The number of aromatic nitrogens is 1. The molecule has 0 aliphatic carbocycles. The van der Waals surface area contributed by atoms with Gasteiger partial charge in [0.1, 0.15) is 24.3 Å². The molecule has 6 nitrogen and oxygen atoms in total. The van der Waals surface area contributed by atoms with E-state index in [4.69, 9.17) is 9.47 Å². The molecular formula is C23H27FN2O4. The second-order valence-electron chi connectivity index (χ2n) is 8.40. The van der Waals surface area contributed by atoms with Crippen molar-refractivity contribution in [3.05, 3.63) is 59.0 Å². The number of likely N-dealkylation sites (tertiary alicyclic amines) is 1. The molecule has 1 aliphatic rings. The monoisotopic (exact) mass is 414 g/mol. The zero-order valence-corrected chi connectivity index (χ0v) is 17.6. The molecule has 1 aromatic heterocycles. The molecule has 1 saturated heterocycles. The van der Waals surface area contributed by atoms with Crippen molar-refractivity contribution in [1.82, 2.24) is 9.88 Å². The van der Waals surface area contributed by atoms with Gasteiger partial charge in [0.25, 0.3) is 0 Å². The first-order valence-corrected chi connectivity index (χ1v) is 10.1. The van der Waals surface area contributed by atoms with Crippen molar-refractivity contribution in [3.63, 3.8) is 0 Å². The van der Waals surface area contributed by atoms with Crippen LogP contribution in [0.1, 0.15) is 61.1 Å². The lowest BCUT2D eigenvalue weighted by Crippen LogP contribution is -2.41. The lowest BCUT2D eigenvalue weighted by atomic mass is 9.93. The highest BCUT2D eigenvalue weighted by atomic mass is 19.1. The summed E-state index contributed by atoms with van der Waals surface area (Å²) < 4.78 is 25.1. The summed E-state index contributed by atoms with van der Waals surface area (Å²) in [6, 6.07) is 9.82. The maximum atomic E-state index is 14.0. The highest BCUT2D eigenvalue weighted by Crippen LogP contribution is 2.28. The summed E-state index contributed by atoms with van der Waals surface area (Å²) in [4.78, 5) is 29.2. The first-order valence-electron chi connectivity index (χ1n) is 10.1. The molecule has 0 bridgehead atoms. The second kappa shape index (κ2) is 9.24. The number of pyridine rings is 1. The van der Waals surface area contributed by atoms with Crippen LogP contribution in [0.2, 0.25) is 0 Å². The average Bonchev–Trinajstić information content (AvgIpc) is 2.72. The van der Waals surface area contributed by atoms with Crippen molar-refractivity contribution in [2.24, 2.45) is 0 Å². The molecule has 1 amide bonds. The highest BCUT2D eigenvalue weighted by molar-refractivity contribution is 5.74. The van der Waals surface area contributed by atoms with Crippen LogP contribution in [0.25, 0.3) is 0 Å². The van der Waals surface area contributed by atoms with Crippen LogP contribution >= 0.6 is 0 Å². The molecule has 160 valence electrons. The molecule has 0 atom stereocenters. The molecule has 2 aromatic rings. The standard InChI is InChI=1S/C23H27FN2O4/c1-23(2,3)30-22(28)26-11-9-17(10-12-26)20-5-4-6-21(25-20)29-15-18-8-7-16(14-27)13-19(18)24/h4-8,13-14,17H,9-12,15H2,1-3H3. The molecule has 1 fully saturated rings. The molecule has 1 aliphatic heterocycles. The number of ether oxygens (including phenoxy) is 2. The van der Waals surface area contributed by atoms with Gasteiger partial charge in [-0.25, -0.2) is 14.2 Å². The predicted octanol–water partition coefficient (Wildman–Crippen LogP) is 4.73. The van der Waals surface area contributed by atoms with Gasteiger partial charge in [0.15, 0.2) is 0 Å². The van der Waals surface area contributed by atoms with E-state index >= 15 is 0 Å². The predicted molar refractivity (Wildman–Crippen MR) is 110 cm³/mol. The van der Waals surface area contributed by atoms with Crippen LogP contribution in [0.4, 0.5) is 9.18 Å². The van der Waals surface area contributed by atoms with Crippen LogP contribution in [0.3, 0.4) is 0 Å². The van der Waals surface area contributed by atoms with Crippen molar-refractivity contribution >= 4 is 12.4 Å². The minimum atomic E-state index is -0.506. The number of benzene rings is 1. The van der Waals surface area contributed by atoms with Crippen LogP contribution in [0.15, 0.2) is 36.4 Å². The van der Waals surface area contributed by atoms with Crippen molar-refractivity contribution in [2.75, 3.05) is 13.1 Å². The Morgan fingerprint density at radius 2 is 1.97 bits per heavy atom. The number of amides is 1. The zero-order chi connectivity index (χ0) is 21.7. The SMILES string of the molecule is CC(C)(C)OC(=O)N1CCC(c2cccc(OCc3ccc(C=O)cc3F)n2)CC1. The van der Waals surface area contributed by atoms with Crippen LogP contribution in [0.5, 0.6) is 5.88 Å². The van der Waals surface area contributed by atoms with E-state index < -0.39 is 11.4 Å². The van der Waals surface area contributed by atoms with E-state index in [9.17, 15) is 14.0 Å². The van der Waals surface area contributed by atoms with E-state index in [0.29, 0.717) is 30.8 Å². The summed E-state index contributed by atoms with van der Waals surface area (Å²) in [5.74, 6) is 0.155. The minimum Gasteiger partial charge on any atom is -0.473 e. The van der Waals surface area contributed by atoms with Crippen LogP contribution in [-0.2, 0) is 11.3 Å². The Kier molecular flexibility index (Phi) is 6.70. The summed E-state index contributed by atoms with van der Waals surface area (Å²) in [5, 5.41) is 0. The summed E-state index contributed by atoms with van der Waals surface area (Å²) in [7, 11) is 0. The van der Waals surface area contributed by atoms with E-state index in [2.05, 4.69) is 4.98 Å². The van der Waals surface area contributed by atoms with E-state index in [1.165, 1.54) is 12.1 Å². The lowest BCUT2D eigenvalue weighted by molar-refractivity contribution is 0.0203. The number of carbonyl (C=O) groups excluding carboxylic acids is 2. The second-order valence-corrected chi connectivity index (χ2v) is 8.40. The Morgan fingerprint density at radius 1 is 1.23 bits per heavy atom. The Bertz CT molecular complexity index is 902. The molecule has 2 heterocycles. The molecular weight excluding hydrogens is 387 g/mol. The summed E-state index contributed by atoms with van der Waals surface area (Å²) >= 11 is 0. The van der Waals surface area contributed by atoms with E-state index in [0.717, 1.165) is 18.5 Å². The lowest BCUT2D eigenvalue weighted by Gasteiger charge is -2.33. The third-order valence-electron chi connectivity index (χ3n) is 4.90. The summed E-state index contributed by atoms with van der Waals surface area (Å²) in [6.07, 6.45) is 1.90. The van der Waals surface area contributed by atoms with Gasteiger partial charge in [0, 0.05) is 41.9 Å². The maximum absolute atomic E-state index is 14.0. The summed E-state index contributed by atoms with van der Waals surface area (Å²) in [5.41, 5.74) is 1.04. The highest BCUT2D eigenvalue weighted by Gasteiger charge is 2.28. The van der Waals surface area contributed by atoms with Gasteiger partial charge in [-0.1, -0.05) is 18.2 Å². The van der Waals surface area contributed by atoms with Crippen LogP contribution in [-0.4, -0.2) is 41.0 Å². The van der Waals surface area contributed by atoms with Gasteiger partial charge in [-0.2, -0.15) is 0 Å². The molecule has 0 spiro atoms. The van der Waals surface area contributed by atoms with E-state index in [1.54, 1.807) is 17.0 Å². The molecule has 0 N–H and O–H groups in total. The Balaban J connectivity index is 1.57. The topological polar surface area (TPSA) is 68.7 Å². The fraction of sp³-hybridized carbons (Fsp3) is 0.435. The number of carbonyl (C=O) groups is 2. The van der Waals surface area contributed by atoms with Gasteiger partial charge >= 0.3 is 6.09 Å². The number of piperidine rings is 1. The van der Waals surface area contributed by atoms with Crippen LogP contribution < -0.4 is 4.74 Å². The first kappa shape index (κ1) is 21.7. The molecule has 30 heavy (non-hydrogen) atoms. The number of rotatable bonds is 5. The molecule has 1 aromatic carbocycles. The average molecular weight is 414 g/mol. The largest absolute Gasteiger partial charge is 0.473 e. The van der Waals surface area contributed by atoms with Crippen molar-refractivity contribution in [1.29, 1.82) is 0 Å². The quantitative estimate of drug-likeness (QED) is 0.662. The van der Waals surface area contributed by atoms with Crippen LogP contribution in [0, 0.1) is 5.82 Å². The van der Waals surface area contributed by atoms with Crippen molar-refractivity contribution in [2.45, 2.75) is 51.7 Å². The van der Waals surface area contributed by atoms with E-state index in [1.807, 2.05) is 32.9 Å². The molecule has 0 unspecified atom stereocenters. The van der Waals surface area contributed by atoms with Gasteiger partial charge in [0.05, 0.1) is 0 Å². The van der Waals surface area contributed by atoms with Gasteiger partial charge in [0.2, 0.25) is 5.88 Å². The Hall–Kier alpha value is -2.96. The van der Waals surface area contributed by atoms with Gasteiger partial charge in [-0.3, -0.25) is 4.79 Å².